The highest BCUT2D eigenvalue weighted by atomic mass is 16.8. The van der Waals surface area contributed by atoms with E-state index in [1.807, 2.05) is 0 Å². The molecule has 0 spiro atoms. The molecule has 0 N–H and O–H groups in total. The number of ether oxygens (including phenoxy) is 1. The standard InChI is InChI=1S/C14H19NO4/c1-8(2)18-14(17)19-15-7-11-9-5-3-4-6-10(9)12(11)13(15)16/h3,5,8-12H,4,6-7H2,1-2H3. The van der Waals surface area contributed by atoms with Crippen molar-refractivity contribution in [2.24, 2.45) is 23.7 Å². The highest BCUT2D eigenvalue weighted by Crippen LogP contribution is 2.55. The van der Waals surface area contributed by atoms with E-state index in [4.69, 9.17) is 9.57 Å². The van der Waals surface area contributed by atoms with Crippen LogP contribution < -0.4 is 0 Å². The summed E-state index contributed by atoms with van der Waals surface area (Å²) in [7, 11) is 0. The van der Waals surface area contributed by atoms with Crippen LogP contribution in [0.1, 0.15) is 26.7 Å². The first-order chi connectivity index (χ1) is 9.08. The molecule has 1 saturated heterocycles. The first kappa shape index (κ1) is 12.5. The number of hydroxylamine groups is 2. The molecule has 0 aromatic carbocycles. The number of hydrogen-bond donors (Lipinski definition) is 0. The number of carbonyl (C=O) groups excluding carboxylic acids is 2. The van der Waals surface area contributed by atoms with E-state index in [0.717, 1.165) is 12.8 Å². The van der Waals surface area contributed by atoms with Gasteiger partial charge in [0, 0.05) is 5.92 Å². The van der Waals surface area contributed by atoms with E-state index in [9.17, 15) is 9.59 Å². The lowest BCUT2D eigenvalue weighted by Gasteiger charge is -2.47. The molecule has 0 aromatic heterocycles. The lowest BCUT2D eigenvalue weighted by molar-refractivity contribution is -0.169. The van der Waals surface area contributed by atoms with Crippen molar-refractivity contribution < 1.29 is 19.2 Å². The van der Waals surface area contributed by atoms with E-state index in [0.29, 0.717) is 24.3 Å². The molecule has 3 aliphatic rings. The van der Waals surface area contributed by atoms with E-state index in [-0.39, 0.29) is 17.9 Å². The summed E-state index contributed by atoms with van der Waals surface area (Å²) < 4.78 is 4.90. The van der Waals surface area contributed by atoms with Crippen molar-refractivity contribution >= 4 is 12.1 Å². The average Bonchev–Trinajstić information content (AvgIpc) is 2.59. The molecule has 0 bridgehead atoms. The predicted octanol–water partition coefficient (Wildman–Crippen LogP) is 2.13. The van der Waals surface area contributed by atoms with E-state index >= 15 is 0 Å². The van der Waals surface area contributed by atoms with Gasteiger partial charge in [0.15, 0.2) is 0 Å². The lowest BCUT2D eigenvalue weighted by atomic mass is 9.55. The van der Waals surface area contributed by atoms with Crippen molar-refractivity contribution in [1.29, 1.82) is 0 Å². The van der Waals surface area contributed by atoms with Gasteiger partial charge in [0.2, 0.25) is 0 Å². The fraction of sp³-hybridized carbons (Fsp3) is 0.714. The Bertz CT molecular complexity index is 431. The van der Waals surface area contributed by atoms with Gasteiger partial charge < -0.3 is 9.57 Å². The molecule has 19 heavy (non-hydrogen) atoms. The third-order valence-corrected chi connectivity index (χ3v) is 4.36. The Hall–Kier alpha value is -1.52. The van der Waals surface area contributed by atoms with Crippen LogP contribution in [0, 0.1) is 23.7 Å². The van der Waals surface area contributed by atoms with E-state index in [2.05, 4.69) is 12.2 Å². The van der Waals surface area contributed by atoms with Crippen LogP contribution in [-0.4, -0.2) is 29.8 Å². The summed E-state index contributed by atoms with van der Waals surface area (Å²) in [6.07, 6.45) is 5.50. The SMILES string of the molecule is CC(C)OC(=O)ON1CC2C3C=CCCC3C2C1=O. The Labute approximate surface area is 112 Å². The maximum absolute atomic E-state index is 12.2. The number of carbonyl (C=O) groups is 2. The second-order valence-corrected chi connectivity index (χ2v) is 5.84. The van der Waals surface area contributed by atoms with E-state index in [1.165, 1.54) is 5.06 Å². The third-order valence-electron chi connectivity index (χ3n) is 4.36. The van der Waals surface area contributed by atoms with Crippen LogP contribution in [-0.2, 0) is 14.4 Å². The molecule has 0 radical (unpaired) electrons. The van der Waals surface area contributed by atoms with Crippen molar-refractivity contribution in [3.63, 3.8) is 0 Å². The Morgan fingerprint density at radius 3 is 2.95 bits per heavy atom. The number of nitrogens with zero attached hydrogens (tertiary/aromatic N) is 1. The van der Waals surface area contributed by atoms with Gasteiger partial charge in [-0.25, -0.2) is 4.79 Å². The molecule has 1 amide bonds. The number of amides is 1. The van der Waals surface area contributed by atoms with Crippen LogP contribution in [0.4, 0.5) is 4.79 Å². The fourth-order valence-electron chi connectivity index (χ4n) is 3.60. The summed E-state index contributed by atoms with van der Waals surface area (Å²) in [4.78, 5) is 28.7. The van der Waals surface area contributed by atoms with Gasteiger partial charge in [-0.3, -0.25) is 4.79 Å². The van der Waals surface area contributed by atoms with Crippen molar-refractivity contribution in [2.45, 2.75) is 32.8 Å². The second-order valence-electron chi connectivity index (χ2n) is 5.84. The molecule has 4 atom stereocenters. The highest BCUT2D eigenvalue weighted by molar-refractivity contribution is 5.83. The van der Waals surface area contributed by atoms with Gasteiger partial charge >= 0.3 is 6.16 Å². The van der Waals surface area contributed by atoms with Gasteiger partial charge in [0.05, 0.1) is 12.6 Å². The predicted molar refractivity (Wildman–Crippen MR) is 66.7 cm³/mol. The highest BCUT2D eigenvalue weighted by Gasteiger charge is 2.59. The summed E-state index contributed by atoms with van der Waals surface area (Å²) in [5.74, 6) is 1.22. The van der Waals surface area contributed by atoms with E-state index in [1.54, 1.807) is 13.8 Å². The molecule has 104 valence electrons. The zero-order valence-corrected chi connectivity index (χ0v) is 11.2. The second kappa shape index (κ2) is 4.54. The first-order valence-electron chi connectivity index (χ1n) is 6.94. The molecular formula is C14H19NO4. The molecule has 5 nitrogen and oxygen atoms in total. The van der Waals surface area contributed by atoms with Crippen LogP contribution >= 0.6 is 0 Å². The summed E-state index contributed by atoms with van der Waals surface area (Å²) >= 11 is 0. The zero-order chi connectivity index (χ0) is 13.6. The summed E-state index contributed by atoms with van der Waals surface area (Å²) in [6.45, 7) is 3.99. The molecule has 2 aliphatic carbocycles. The van der Waals surface area contributed by atoms with Crippen molar-refractivity contribution in [3.8, 4) is 0 Å². The van der Waals surface area contributed by atoms with Crippen LogP contribution in [0.25, 0.3) is 0 Å². The maximum Gasteiger partial charge on any atom is 0.533 e. The Morgan fingerprint density at radius 2 is 2.21 bits per heavy atom. The summed E-state index contributed by atoms with van der Waals surface area (Å²) in [5.41, 5.74) is 0. The van der Waals surface area contributed by atoms with Crippen LogP contribution in [0.5, 0.6) is 0 Å². The fourth-order valence-corrected chi connectivity index (χ4v) is 3.60. The molecule has 5 heteroatoms. The number of rotatable bonds is 2. The Balaban J connectivity index is 1.63. The van der Waals surface area contributed by atoms with Gasteiger partial charge in [-0.15, -0.1) is 0 Å². The third kappa shape index (κ3) is 2.01. The largest absolute Gasteiger partial charge is 0.533 e. The molecule has 0 aromatic rings. The smallest absolute Gasteiger partial charge is 0.430 e. The maximum atomic E-state index is 12.2. The molecule has 2 fully saturated rings. The number of fused-ring (bicyclic) bond motifs is 4. The van der Waals surface area contributed by atoms with Gasteiger partial charge in [0.1, 0.15) is 0 Å². The Kier molecular flexibility index (Phi) is 2.99. The average molecular weight is 265 g/mol. The minimum atomic E-state index is -0.789. The number of hydrogen-bond acceptors (Lipinski definition) is 4. The van der Waals surface area contributed by atoms with Crippen LogP contribution in [0.15, 0.2) is 12.2 Å². The molecular weight excluding hydrogens is 246 g/mol. The Morgan fingerprint density at radius 1 is 1.42 bits per heavy atom. The van der Waals surface area contributed by atoms with Gasteiger partial charge in [-0.2, -0.15) is 5.06 Å². The molecule has 4 unspecified atom stereocenters. The van der Waals surface area contributed by atoms with Crippen molar-refractivity contribution in [2.75, 3.05) is 6.54 Å². The molecule has 1 saturated carbocycles. The van der Waals surface area contributed by atoms with E-state index < -0.39 is 6.16 Å². The van der Waals surface area contributed by atoms with Crippen molar-refractivity contribution in [3.05, 3.63) is 12.2 Å². The normalized spacial score (nSPS) is 35.7. The first-order valence-corrected chi connectivity index (χ1v) is 6.94. The van der Waals surface area contributed by atoms with Crippen LogP contribution in [0.3, 0.4) is 0 Å². The topological polar surface area (TPSA) is 55.8 Å². The quantitative estimate of drug-likeness (QED) is 0.567. The monoisotopic (exact) mass is 265 g/mol. The number of allylic oxidation sites excluding steroid dienone is 2. The van der Waals surface area contributed by atoms with Gasteiger partial charge in [-0.05, 0) is 44.4 Å². The minimum Gasteiger partial charge on any atom is -0.430 e. The summed E-state index contributed by atoms with van der Waals surface area (Å²) in [6, 6.07) is 0. The summed E-state index contributed by atoms with van der Waals surface area (Å²) in [5, 5.41) is 1.20. The minimum absolute atomic E-state index is 0.0433. The molecule has 3 rings (SSSR count). The van der Waals surface area contributed by atoms with Gasteiger partial charge in [0.25, 0.3) is 5.91 Å². The molecule has 1 heterocycles. The zero-order valence-electron chi connectivity index (χ0n) is 11.2. The van der Waals surface area contributed by atoms with Crippen LogP contribution in [0.2, 0.25) is 0 Å². The van der Waals surface area contributed by atoms with Crippen molar-refractivity contribution in [1.82, 2.24) is 5.06 Å². The molecule has 1 aliphatic heterocycles. The van der Waals surface area contributed by atoms with Gasteiger partial charge in [-0.1, -0.05) is 12.2 Å². The lowest BCUT2D eigenvalue weighted by Crippen LogP contribution is -2.47.